The van der Waals surface area contributed by atoms with Crippen molar-refractivity contribution in [2.75, 3.05) is 20.3 Å². The van der Waals surface area contributed by atoms with Gasteiger partial charge in [-0.05, 0) is 31.4 Å². The third-order valence-corrected chi connectivity index (χ3v) is 3.88. The maximum absolute atomic E-state index is 12.7. The fraction of sp³-hybridized carbons (Fsp3) is 0.467. The van der Waals surface area contributed by atoms with Gasteiger partial charge in [-0.15, -0.1) is 0 Å². The number of carbonyl (C=O) groups excluding carboxylic acids is 1. The van der Waals surface area contributed by atoms with E-state index in [-0.39, 0.29) is 11.9 Å². The number of methoxy groups -OCH3 is 1. The van der Waals surface area contributed by atoms with Crippen molar-refractivity contribution in [2.45, 2.75) is 25.3 Å². The zero-order chi connectivity index (χ0) is 13.9. The molecule has 0 unspecified atom stereocenters. The quantitative estimate of drug-likeness (QED) is 0.859. The number of hydrogen-bond donors (Lipinski definition) is 0. The van der Waals surface area contributed by atoms with E-state index >= 15 is 0 Å². The van der Waals surface area contributed by atoms with Crippen molar-refractivity contribution in [1.29, 1.82) is 0 Å². The van der Waals surface area contributed by atoms with E-state index in [1.165, 1.54) is 6.42 Å². The molecule has 1 aliphatic rings. The summed E-state index contributed by atoms with van der Waals surface area (Å²) in [4.78, 5) is 18.8. The largest absolute Gasteiger partial charge is 0.383 e. The van der Waals surface area contributed by atoms with E-state index in [9.17, 15) is 4.79 Å². The van der Waals surface area contributed by atoms with Gasteiger partial charge in [-0.2, -0.15) is 0 Å². The van der Waals surface area contributed by atoms with Gasteiger partial charge >= 0.3 is 0 Å². The van der Waals surface area contributed by atoms with Crippen LogP contribution in [0.3, 0.4) is 0 Å². The maximum Gasteiger partial charge on any atom is 0.255 e. The molecular weight excluding hydrogens is 254 g/mol. The highest BCUT2D eigenvalue weighted by Gasteiger charge is 2.27. The van der Waals surface area contributed by atoms with Gasteiger partial charge < -0.3 is 14.0 Å². The molecule has 0 radical (unpaired) electrons. The van der Waals surface area contributed by atoms with Crippen LogP contribution in [0.2, 0.25) is 0 Å². The van der Waals surface area contributed by atoms with E-state index in [0.717, 1.165) is 25.0 Å². The molecule has 1 atom stereocenters. The molecular formula is C15H19N3O2. The highest BCUT2D eigenvalue weighted by atomic mass is 16.5. The number of rotatable bonds is 3. The molecule has 0 saturated carbocycles. The molecule has 0 aliphatic carbocycles. The minimum absolute atomic E-state index is 0.0855. The van der Waals surface area contributed by atoms with Crippen molar-refractivity contribution < 1.29 is 9.53 Å². The van der Waals surface area contributed by atoms with Gasteiger partial charge in [-0.25, -0.2) is 4.98 Å². The first-order valence-electron chi connectivity index (χ1n) is 7.02. The smallest absolute Gasteiger partial charge is 0.255 e. The lowest BCUT2D eigenvalue weighted by molar-refractivity contribution is 0.0427. The molecule has 5 nitrogen and oxygen atoms in total. The Hall–Kier alpha value is -1.88. The average molecular weight is 273 g/mol. The molecule has 106 valence electrons. The molecule has 3 rings (SSSR count). The summed E-state index contributed by atoms with van der Waals surface area (Å²) in [5.41, 5.74) is 1.56. The highest BCUT2D eigenvalue weighted by molar-refractivity contribution is 5.94. The predicted molar refractivity (Wildman–Crippen MR) is 75.7 cm³/mol. The second kappa shape index (κ2) is 5.63. The van der Waals surface area contributed by atoms with Gasteiger partial charge in [0.25, 0.3) is 5.91 Å². The van der Waals surface area contributed by atoms with Crippen LogP contribution >= 0.6 is 0 Å². The van der Waals surface area contributed by atoms with Crippen LogP contribution in [0.1, 0.15) is 29.6 Å². The molecule has 0 N–H and O–H groups in total. The zero-order valence-corrected chi connectivity index (χ0v) is 11.7. The van der Waals surface area contributed by atoms with E-state index in [1.54, 1.807) is 13.3 Å². The van der Waals surface area contributed by atoms with Crippen molar-refractivity contribution in [3.63, 3.8) is 0 Å². The summed E-state index contributed by atoms with van der Waals surface area (Å²) in [6.45, 7) is 1.42. The fourth-order valence-corrected chi connectivity index (χ4v) is 2.85. The van der Waals surface area contributed by atoms with Crippen LogP contribution in [-0.2, 0) is 4.74 Å². The number of ether oxygens (including phenoxy) is 1. The van der Waals surface area contributed by atoms with Gasteiger partial charge in [-0.3, -0.25) is 4.79 Å². The van der Waals surface area contributed by atoms with E-state index in [4.69, 9.17) is 4.74 Å². The Balaban J connectivity index is 1.85. The van der Waals surface area contributed by atoms with Gasteiger partial charge in [0, 0.05) is 32.2 Å². The third kappa shape index (κ3) is 2.41. The molecule has 1 aliphatic heterocycles. The zero-order valence-electron chi connectivity index (χ0n) is 11.7. The lowest BCUT2D eigenvalue weighted by Crippen LogP contribution is -2.46. The number of carbonyl (C=O) groups is 1. The number of aromatic nitrogens is 2. The van der Waals surface area contributed by atoms with Crippen LogP contribution < -0.4 is 0 Å². The highest BCUT2D eigenvalue weighted by Crippen LogP contribution is 2.20. The number of piperidine rings is 1. The monoisotopic (exact) mass is 273 g/mol. The molecule has 0 aromatic carbocycles. The summed E-state index contributed by atoms with van der Waals surface area (Å²) in [5.74, 6) is 0.0855. The molecule has 2 aromatic rings. The summed E-state index contributed by atoms with van der Waals surface area (Å²) in [5, 5.41) is 0. The Labute approximate surface area is 118 Å². The molecule has 1 saturated heterocycles. The van der Waals surface area contributed by atoms with Gasteiger partial charge in [0.05, 0.1) is 18.2 Å². The summed E-state index contributed by atoms with van der Waals surface area (Å²) < 4.78 is 7.12. The molecule has 0 bridgehead atoms. The number of likely N-dealkylation sites (tertiary alicyclic amines) is 1. The molecule has 3 heterocycles. The van der Waals surface area contributed by atoms with Gasteiger partial charge in [0.15, 0.2) is 0 Å². The Kier molecular flexibility index (Phi) is 3.69. The molecule has 2 aromatic heterocycles. The second-order valence-corrected chi connectivity index (χ2v) is 5.21. The first kappa shape index (κ1) is 13.1. The van der Waals surface area contributed by atoms with Crippen molar-refractivity contribution >= 4 is 11.6 Å². The van der Waals surface area contributed by atoms with E-state index < -0.39 is 0 Å². The Morgan fingerprint density at radius 2 is 2.35 bits per heavy atom. The maximum atomic E-state index is 12.7. The molecule has 20 heavy (non-hydrogen) atoms. The van der Waals surface area contributed by atoms with Crippen molar-refractivity contribution in [1.82, 2.24) is 14.3 Å². The first-order valence-corrected chi connectivity index (χ1v) is 7.02. The fourth-order valence-electron chi connectivity index (χ4n) is 2.85. The summed E-state index contributed by atoms with van der Waals surface area (Å²) in [6.07, 6.45) is 8.70. The van der Waals surface area contributed by atoms with Crippen LogP contribution in [0, 0.1) is 0 Å². The lowest BCUT2D eigenvalue weighted by Gasteiger charge is -2.35. The number of fused-ring (bicyclic) bond motifs is 1. The van der Waals surface area contributed by atoms with Crippen LogP contribution in [0.15, 0.2) is 30.7 Å². The van der Waals surface area contributed by atoms with E-state index in [1.807, 2.05) is 33.8 Å². The van der Waals surface area contributed by atoms with Crippen LogP contribution in [0.5, 0.6) is 0 Å². The second-order valence-electron chi connectivity index (χ2n) is 5.21. The van der Waals surface area contributed by atoms with Crippen molar-refractivity contribution in [2.24, 2.45) is 0 Å². The Bertz CT molecular complexity index is 606. The number of pyridine rings is 1. The SMILES string of the molecule is COC[C@@H]1CCCCN1C(=O)c1ccc2nccn2c1. The number of nitrogens with zero attached hydrogens (tertiary/aromatic N) is 3. The van der Waals surface area contributed by atoms with Crippen molar-refractivity contribution in [3.05, 3.63) is 36.3 Å². The Morgan fingerprint density at radius 1 is 1.45 bits per heavy atom. The predicted octanol–water partition coefficient (Wildman–Crippen LogP) is 1.98. The van der Waals surface area contributed by atoms with E-state index in [0.29, 0.717) is 12.2 Å². The average Bonchev–Trinajstić information content (AvgIpc) is 2.95. The number of hydrogen-bond acceptors (Lipinski definition) is 3. The molecule has 1 amide bonds. The topological polar surface area (TPSA) is 46.8 Å². The van der Waals surface area contributed by atoms with Gasteiger partial charge in [0.2, 0.25) is 0 Å². The summed E-state index contributed by atoms with van der Waals surface area (Å²) in [6, 6.07) is 3.92. The third-order valence-electron chi connectivity index (χ3n) is 3.88. The lowest BCUT2D eigenvalue weighted by atomic mass is 10.0. The number of amides is 1. The van der Waals surface area contributed by atoms with Gasteiger partial charge in [0.1, 0.15) is 5.65 Å². The standard InChI is InChI=1S/C15H19N3O2/c1-20-11-13-4-2-3-8-18(13)15(19)12-5-6-14-16-7-9-17(14)10-12/h5-7,9-10,13H,2-4,8,11H2,1H3/t13-/m0/s1. The summed E-state index contributed by atoms with van der Waals surface area (Å²) >= 11 is 0. The minimum atomic E-state index is 0.0855. The minimum Gasteiger partial charge on any atom is -0.383 e. The van der Waals surface area contributed by atoms with Gasteiger partial charge in [-0.1, -0.05) is 0 Å². The molecule has 0 spiro atoms. The van der Waals surface area contributed by atoms with Crippen LogP contribution in [0.4, 0.5) is 0 Å². The van der Waals surface area contributed by atoms with Crippen LogP contribution in [0.25, 0.3) is 5.65 Å². The number of imidazole rings is 1. The molecule has 1 fully saturated rings. The molecule has 5 heteroatoms. The van der Waals surface area contributed by atoms with Crippen LogP contribution in [-0.4, -0.2) is 46.5 Å². The summed E-state index contributed by atoms with van der Waals surface area (Å²) in [7, 11) is 1.69. The first-order chi connectivity index (χ1) is 9.79. The van der Waals surface area contributed by atoms with Crippen molar-refractivity contribution in [3.8, 4) is 0 Å². The Morgan fingerprint density at radius 3 is 3.20 bits per heavy atom. The van der Waals surface area contributed by atoms with E-state index in [2.05, 4.69) is 4.98 Å². The normalized spacial score (nSPS) is 19.4.